The van der Waals surface area contributed by atoms with Crippen molar-refractivity contribution in [3.63, 3.8) is 0 Å². The fourth-order valence-electron chi connectivity index (χ4n) is 4.04. The Labute approximate surface area is 175 Å². The molecule has 0 aliphatic carbocycles. The first-order chi connectivity index (χ1) is 14.1. The molecule has 0 bridgehead atoms. The van der Waals surface area contributed by atoms with Crippen LogP contribution in [0.2, 0.25) is 0 Å². The molecule has 0 saturated heterocycles. The number of quaternary nitrogens is 1. The predicted octanol–water partition coefficient (Wildman–Crippen LogP) is 4.92. The zero-order valence-corrected chi connectivity index (χ0v) is 16.9. The van der Waals surface area contributed by atoms with E-state index < -0.39 is 13.4 Å². The van der Waals surface area contributed by atoms with Crippen molar-refractivity contribution < 1.29 is 32.0 Å². The van der Waals surface area contributed by atoms with Gasteiger partial charge in [0, 0.05) is 18.4 Å². The van der Waals surface area contributed by atoms with E-state index in [2.05, 4.69) is 31.3 Å². The lowest BCUT2D eigenvalue weighted by Gasteiger charge is -2.48. The SMILES string of the molecule is C[N+]1([C@H](CO)c2ccccc2)CC=CC[C@H]1C[C@@H](O)c1ccccc1.F[B-](F)(F)F. The van der Waals surface area contributed by atoms with E-state index in [0.29, 0.717) is 6.42 Å². The zero-order chi connectivity index (χ0) is 22.2. The Morgan fingerprint density at radius 1 is 0.933 bits per heavy atom. The highest BCUT2D eigenvalue weighted by atomic mass is 19.5. The molecule has 0 amide bonds. The molecule has 8 heteroatoms. The standard InChI is InChI=1S/C22H28NO2.BF4/c1-23(21(17-24)18-10-4-2-5-11-18)15-9-8-14-20(23)16-22(25)19-12-6-3-7-13-19;2-1(3,4)5/h2-13,20-22,24-25H,14-17H2,1H3;/q+1;-1/t20-,21+,22+,23?;/m0./s1. The van der Waals surface area contributed by atoms with Gasteiger partial charge in [-0.3, -0.25) is 0 Å². The van der Waals surface area contributed by atoms with Crippen molar-refractivity contribution in [2.24, 2.45) is 0 Å². The number of rotatable bonds is 6. The van der Waals surface area contributed by atoms with Crippen molar-refractivity contribution >= 4 is 7.25 Å². The third kappa shape index (κ3) is 6.97. The maximum Gasteiger partial charge on any atom is 0.673 e. The van der Waals surface area contributed by atoms with E-state index in [9.17, 15) is 27.5 Å². The summed E-state index contributed by atoms with van der Waals surface area (Å²) in [5.74, 6) is 0. The van der Waals surface area contributed by atoms with Gasteiger partial charge in [-0.25, -0.2) is 0 Å². The Morgan fingerprint density at radius 2 is 1.43 bits per heavy atom. The summed E-state index contributed by atoms with van der Waals surface area (Å²) in [4.78, 5) is 0. The molecule has 4 atom stereocenters. The number of aliphatic hydroxyl groups is 2. The Morgan fingerprint density at radius 3 is 1.93 bits per heavy atom. The summed E-state index contributed by atoms with van der Waals surface area (Å²) < 4.78 is 39.7. The zero-order valence-electron chi connectivity index (χ0n) is 16.9. The third-order valence-electron chi connectivity index (χ3n) is 5.66. The van der Waals surface area contributed by atoms with Crippen LogP contribution in [0, 0.1) is 0 Å². The van der Waals surface area contributed by atoms with Crippen molar-refractivity contribution in [2.75, 3.05) is 20.2 Å². The number of benzene rings is 2. The van der Waals surface area contributed by atoms with Crippen molar-refractivity contribution in [1.82, 2.24) is 0 Å². The van der Waals surface area contributed by atoms with Crippen molar-refractivity contribution in [2.45, 2.75) is 31.0 Å². The van der Waals surface area contributed by atoms with Gasteiger partial charge in [-0.2, -0.15) is 0 Å². The van der Waals surface area contributed by atoms with Crippen molar-refractivity contribution in [1.29, 1.82) is 0 Å². The molecule has 0 aromatic heterocycles. The van der Waals surface area contributed by atoms with Crippen LogP contribution in [0.4, 0.5) is 17.3 Å². The average molecular weight is 425 g/mol. The second-order valence-corrected chi connectivity index (χ2v) is 7.66. The van der Waals surface area contributed by atoms with Crippen LogP contribution in [0.25, 0.3) is 0 Å². The molecule has 1 heterocycles. The van der Waals surface area contributed by atoms with Gasteiger partial charge >= 0.3 is 7.25 Å². The Bertz CT molecular complexity index is 783. The number of halogens is 4. The molecule has 0 fully saturated rings. The molecule has 1 aliphatic heterocycles. The molecule has 2 aromatic rings. The van der Waals surface area contributed by atoms with Crippen molar-refractivity contribution in [3.8, 4) is 0 Å². The number of hydrogen-bond acceptors (Lipinski definition) is 2. The lowest BCUT2D eigenvalue weighted by atomic mass is 9.91. The molecule has 2 N–H and O–H groups in total. The van der Waals surface area contributed by atoms with Crippen LogP contribution >= 0.6 is 0 Å². The van der Waals surface area contributed by atoms with Gasteiger partial charge in [-0.15, -0.1) is 0 Å². The van der Waals surface area contributed by atoms with Crippen LogP contribution in [0.3, 0.4) is 0 Å². The maximum absolute atomic E-state index is 10.7. The van der Waals surface area contributed by atoms with E-state index in [1.807, 2.05) is 48.5 Å². The van der Waals surface area contributed by atoms with E-state index in [4.69, 9.17) is 0 Å². The van der Waals surface area contributed by atoms with Crippen LogP contribution in [0.15, 0.2) is 72.8 Å². The molecule has 0 saturated carbocycles. The second-order valence-electron chi connectivity index (χ2n) is 7.66. The smallest absolute Gasteiger partial charge is 0.418 e. The molecule has 164 valence electrons. The topological polar surface area (TPSA) is 40.5 Å². The summed E-state index contributed by atoms with van der Waals surface area (Å²) in [7, 11) is -3.79. The molecule has 3 nitrogen and oxygen atoms in total. The molecule has 3 rings (SSSR count). The number of likely N-dealkylation sites (N-methyl/N-ethyl adjacent to an activating group) is 1. The van der Waals surface area contributed by atoms with E-state index in [1.54, 1.807) is 0 Å². The minimum Gasteiger partial charge on any atom is -0.418 e. The monoisotopic (exact) mass is 425 g/mol. The second kappa shape index (κ2) is 10.7. The van der Waals surface area contributed by atoms with Gasteiger partial charge in [0.15, 0.2) is 0 Å². The Balaban J connectivity index is 0.000000575. The Hall–Kier alpha value is -2.16. The van der Waals surface area contributed by atoms with E-state index in [0.717, 1.165) is 28.6 Å². The first-order valence-corrected chi connectivity index (χ1v) is 9.91. The molecular formula is C22H28BF4NO2. The fourth-order valence-corrected chi connectivity index (χ4v) is 4.04. The van der Waals surface area contributed by atoms with Gasteiger partial charge in [-0.1, -0.05) is 66.7 Å². The highest BCUT2D eigenvalue weighted by molar-refractivity contribution is 6.50. The van der Waals surface area contributed by atoms with Gasteiger partial charge in [0.2, 0.25) is 0 Å². The van der Waals surface area contributed by atoms with Crippen LogP contribution in [-0.2, 0) is 0 Å². The summed E-state index contributed by atoms with van der Waals surface area (Å²) in [5.41, 5.74) is 2.12. The van der Waals surface area contributed by atoms with Crippen LogP contribution < -0.4 is 0 Å². The lowest BCUT2D eigenvalue weighted by Crippen LogP contribution is -2.57. The summed E-state index contributed by atoms with van der Waals surface area (Å²) in [6.45, 7) is 0.971. The summed E-state index contributed by atoms with van der Waals surface area (Å²) in [6, 6.07) is 20.4. The van der Waals surface area contributed by atoms with E-state index in [-0.39, 0.29) is 18.7 Å². The van der Waals surface area contributed by atoms with Crippen LogP contribution in [0.1, 0.15) is 36.1 Å². The van der Waals surface area contributed by atoms with Gasteiger partial charge in [0.05, 0.1) is 32.3 Å². The molecule has 30 heavy (non-hydrogen) atoms. The number of hydrogen-bond donors (Lipinski definition) is 2. The quantitative estimate of drug-likeness (QED) is 0.299. The number of aliphatic hydroxyl groups excluding tert-OH is 2. The summed E-state index contributed by atoms with van der Waals surface area (Å²) >= 11 is 0. The third-order valence-corrected chi connectivity index (χ3v) is 5.66. The predicted molar refractivity (Wildman–Crippen MR) is 111 cm³/mol. The number of nitrogens with zero attached hydrogens (tertiary/aromatic N) is 1. The minimum atomic E-state index is -6.00. The highest BCUT2D eigenvalue weighted by Gasteiger charge is 2.41. The maximum atomic E-state index is 10.7. The summed E-state index contributed by atoms with van der Waals surface area (Å²) in [6.07, 6.45) is 5.54. The molecule has 2 aromatic carbocycles. The molecule has 0 spiro atoms. The first kappa shape index (κ1) is 24.1. The summed E-state index contributed by atoms with van der Waals surface area (Å²) in [5, 5.41) is 20.9. The highest BCUT2D eigenvalue weighted by Crippen LogP contribution is 2.37. The van der Waals surface area contributed by atoms with Crippen LogP contribution in [-0.4, -0.2) is 48.2 Å². The average Bonchev–Trinajstić information content (AvgIpc) is 2.70. The molecule has 1 aliphatic rings. The Kier molecular flexibility index (Phi) is 8.64. The molecule has 1 unspecified atom stereocenters. The van der Waals surface area contributed by atoms with Gasteiger partial charge in [0.25, 0.3) is 0 Å². The normalized spacial score (nSPS) is 23.2. The molecular weight excluding hydrogens is 397 g/mol. The van der Waals surface area contributed by atoms with Gasteiger partial charge in [0.1, 0.15) is 6.04 Å². The minimum absolute atomic E-state index is 0.0131. The van der Waals surface area contributed by atoms with Crippen LogP contribution in [0.5, 0.6) is 0 Å². The van der Waals surface area contributed by atoms with E-state index in [1.165, 1.54) is 0 Å². The van der Waals surface area contributed by atoms with E-state index >= 15 is 0 Å². The molecule has 0 radical (unpaired) electrons. The van der Waals surface area contributed by atoms with Gasteiger partial charge in [-0.05, 0) is 11.6 Å². The largest absolute Gasteiger partial charge is 0.673 e. The fraction of sp³-hybridized carbons (Fsp3) is 0.364. The van der Waals surface area contributed by atoms with Crippen molar-refractivity contribution in [3.05, 3.63) is 83.9 Å². The first-order valence-electron chi connectivity index (χ1n) is 9.91. The van der Waals surface area contributed by atoms with Gasteiger partial charge < -0.3 is 32.0 Å². The lowest BCUT2D eigenvalue weighted by molar-refractivity contribution is -0.959.